The third-order valence-corrected chi connectivity index (χ3v) is 2.53. The van der Waals surface area contributed by atoms with Crippen LogP contribution in [0.2, 0.25) is 0 Å². The van der Waals surface area contributed by atoms with Crippen molar-refractivity contribution in [3.05, 3.63) is 41.0 Å². The summed E-state index contributed by atoms with van der Waals surface area (Å²) in [5.41, 5.74) is 2.66. The normalized spacial score (nSPS) is 10.5. The highest BCUT2D eigenvalue weighted by Crippen LogP contribution is 2.15. The van der Waals surface area contributed by atoms with Crippen LogP contribution in [0.5, 0.6) is 0 Å². The number of carbonyl (C=O) groups excluding carboxylic acids is 2. The van der Waals surface area contributed by atoms with Crippen molar-refractivity contribution in [2.24, 2.45) is 0 Å². The van der Waals surface area contributed by atoms with E-state index in [9.17, 15) is 9.59 Å². The Balaban J connectivity index is 3.05. The third-order valence-electron chi connectivity index (χ3n) is 2.53. The molecule has 3 nitrogen and oxygen atoms in total. The van der Waals surface area contributed by atoms with E-state index < -0.39 is 0 Å². The number of hydrogen-bond acceptors (Lipinski definition) is 3. The Labute approximate surface area is 101 Å². The van der Waals surface area contributed by atoms with Crippen molar-refractivity contribution in [1.29, 1.82) is 0 Å². The lowest BCUT2D eigenvalue weighted by Crippen LogP contribution is -1.97. The third kappa shape index (κ3) is 3.55. The van der Waals surface area contributed by atoms with Gasteiger partial charge in [-0.1, -0.05) is 19.1 Å². The molecule has 1 aromatic carbocycles. The van der Waals surface area contributed by atoms with Crippen molar-refractivity contribution >= 4 is 17.8 Å². The molecular weight excluding hydrogens is 216 g/mol. The number of carbonyl (C=O) groups is 2. The Kier molecular flexibility index (Phi) is 4.64. The van der Waals surface area contributed by atoms with Crippen molar-refractivity contribution in [2.75, 3.05) is 7.11 Å². The molecular formula is C14H16O3. The van der Waals surface area contributed by atoms with Gasteiger partial charge in [-0.2, -0.15) is 0 Å². The highest BCUT2D eigenvalue weighted by atomic mass is 16.5. The first-order chi connectivity index (χ1) is 8.08. The van der Waals surface area contributed by atoms with Crippen molar-refractivity contribution in [1.82, 2.24) is 0 Å². The maximum Gasteiger partial charge on any atom is 0.330 e. The van der Waals surface area contributed by atoms with Crippen molar-refractivity contribution < 1.29 is 14.3 Å². The van der Waals surface area contributed by atoms with Crippen LogP contribution in [0.1, 0.15) is 35.3 Å². The van der Waals surface area contributed by atoms with Crippen LogP contribution in [0.4, 0.5) is 0 Å². The second kappa shape index (κ2) is 5.99. The molecule has 1 aromatic rings. The summed E-state index contributed by atoms with van der Waals surface area (Å²) in [4.78, 5) is 22.2. The van der Waals surface area contributed by atoms with Crippen LogP contribution < -0.4 is 0 Å². The first kappa shape index (κ1) is 13.2. The predicted octanol–water partition coefficient (Wildman–Crippen LogP) is 2.64. The molecule has 0 aliphatic heterocycles. The zero-order valence-corrected chi connectivity index (χ0v) is 10.3. The zero-order valence-electron chi connectivity index (χ0n) is 10.3. The molecule has 0 unspecified atom stereocenters. The molecule has 90 valence electrons. The van der Waals surface area contributed by atoms with Gasteiger partial charge in [0.25, 0.3) is 0 Å². The summed E-state index contributed by atoms with van der Waals surface area (Å²) in [6.45, 7) is 3.55. The van der Waals surface area contributed by atoms with Gasteiger partial charge in [0, 0.05) is 11.6 Å². The molecule has 0 amide bonds. The maximum atomic E-state index is 11.2. The highest BCUT2D eigenvalue weighted by Gasteiger charge is 2.04. The van der Waals surface area contributed by atoms with Gasteiger partial charge in [-0.3, -0.25) is 4.79 Å². The molecule has 0 aromatic heterocycles. The first-order valence-electron chi connectivity index (χ1n) is 5.48. The summed E-state index contributed by atoms with van der Waals surface area (Å²) in [6, 6.07) is 5.47. The molecule has 0 bridgehead atoms. The molecule has 3 heteroatoms. The lowest BCUT2D eigenvalue weighted by atomic mass is 10.00. The smallest absolute Gasteiger partial charge is 0.330 e. The van der Waals surface area contributed by atoms with Crippen LogP contribution in [-0.2, 0) is 16.0 Å². The average Bonchev–Trinajstić information content (AvgIpc) is 2.35. The van der Waals surface area contributed by atoms with Crippen LogP contribution in [0.3, 0.4) is 0 Å². The van der Waals surface area contributed by atoms with Gasteiger partial charge in [-0.15, -0.1) is 0 Å². The lowest BCUT2D eigenvalue weighted by Gasteiger charge is -2.05. The average molecular weight is 232 g/mol. The molecule has 0 fully saturated rings. The Morgan fingerprint density at radius 2 is 2.06 bits per heavy atom. The number of methoxy groups -OCH3 is 1. The van der Waals surface area contributed by atoms with Gasteiger partial charge < -0.3 is 4.74 Å². The van der Waals surface area contributed by atoms with E-state index in [2.05, 4.69) is 4.74 Å². The molecule has 1 rings (SSSR count). The molecule has 0 N–H and O–H groups in total. The van der Waals surface area contributed by atoms with Crippen molar-refractivity contribution in [3.8, 4) is 0 Å². The van der Waals surface area contributed by atoms with Crippen LogP contribution in [-0.4, -0.2) is 18.9 Å². The molecule has 0 saturated carbocycles. The van der Waals surface area contributed by atoms with Gasteiger partial charge in [0.2, 0.25) is 0 Å². The minimum Gasteiger partial charge on any atom is -0.466 e. The van der Waals surface area contributed by atoms with Gasteiger partial charge >= 0.3 is 5.97 Å². The van der Waals surface area contributed by atoms with Gasteiger partial charge in [-0.05, 0) is 36.6 Å². The van der Waals surface area contributed by atoms with E-state index in [4.69, 9.17) is 0 Å². The Hall–Kier alpha value is -1.90. The number of esters is 1. The van der Waals surface area contributed by atoms with Crippen LogP contribution in [0.15, 0.2) is 24.3 Å². The standard InChI is InChI=1S/C14H16O3/c1-4-11-9-13(10(2)15)6-5-12(11)7-8-14(16)17-3/h5-9H,4H2,1-3H3. The Morgan fingerprint density at radius 3 is 2.59 bits per heavy atom. The number of aryl methyl sites for hydroxylation is 1. The van der Waals surface area contributed by atoms with E-state index in [-0.39, 0.29) is 11.8 Å². The molecule has 0 spiro atoms. The molecule has 0 aliphatic carbocycles. The fraction of sp³-hybridized carbons (Fsp3) is 0.286. The van der Waals surface area contributed by atoms with Gasteiger partial charge in [0.05, 0.1) is 7.11 Å². The number of benzene rings is 1. The molecule has 17 heavy (non-hydrogen) atoms. The fourth-order valence-electron chi connectivity index (χ4n) is 1.52. The lowest BCUT2D eigenvalue weighted by molar-refractivity contribution is -0.134. The van der Waals surface area contributed by atoms with E-state index in [1.807, 2.05) is 19.1 Å². The fourth-order valence-corrected chi connectivity index (χ4v) is 1.52. The van der Waals surface area contributed by atoms with Gasteiger partial charge in [0.1, 0.15) is 0 Å². The number of Topliss-reactive ketones (excluding diaryl/α,β-unsaturated/α-hetero) is 1. The number of rotatable bonds is 4. The van der Waals surface area contributed by atoms with Crippen molar-refractivity contribution in [3.63, 3.8) is 0 Å². The largest absolute Gasteiger partial charge is 0.466 e. The molecule has 0 radical (unpaired) electrons. The summed E-state index contributed by atoms with van der Waals surface area (Å²) in [5, 5.41) is 0. The summed E-state index contributed by atoms with van der Waals surface area (Å²) in [5.74, 6) is -0.342. The number of ether oxygens (including phenoxy) is 1. The van der Waals surface area contributed by atoms with Gasteiger partial charge in [0.15, 0.2) is 5.78 Å². The minimum absolute atomic E-state index is 0.0446. The van der Waals surface area contributed by atoms with Crippen LogP contribution in [0, 0.1) is 0 Å². The van der Waals surface area contributed by atoms with Gasteiger partial charge in [-0.25, -0.2) is 4.79 Å². The predicted molar refractivity (Wildman–Crippen MR) is 66.9 cm³/mol. The van der Waals surface area contributed by atoms with E-state index in [1.165, 1.54) is 13.2 Å². The SMILES string of the molecule is CCc1cc(C(C)=O)ccc1C=CC(=O)OC. The monoisotopic (exact) mass is 232 g/mol. The summed E-state index contributed by atoms with van der Waals surface area (Å²) in [7, 11) is 1.34. The maximum absolute atomic E-state index is 11.2. The second-order valence-corrected chi connectivity index (χ2v) is 3.68. The molecule has 0 aliphatic rings. The summed E-state index contributed by atoms with van der Waals surface area (Å²) < 4.78 is 4.53. The first-order valence-corrected chi connectivity index (χ1v) is 5.48. The summed E-state index contributed by atoms with van der Waals surface area (Å²) >= 11 is 0. The quantitative estimate of drug-likeness (QED) is 0.455. The minimum atomic E-state index is -0.386. The van der Waals surface area contributed by atoms with Crippen molar-refractivity contribution in [2.45, 2.75) is 20.3 Å². The molecule has 0 atom stereocenters. The molecule has 0 saturated heterocycles. The van der Waals surface area contributed by atoms with E-state index >= 15 is 0 Å². The Morgan fingerprint density at radius 1 is 1.35 bits per heavy atom. The topological polar surface area (TPSA) is 43.4 Å². The Bertz CT molecular complexity index is 459. The van der Waals surface area contributed by atoms with E-state index in [0.29, 0.717) is 5.56 Å². The second-order valence-electron chi connectivity index (χ2n) is 3.68. The number of ketones is 1. The van der Waals surface area contributed by atoms with E-state index in [0.717, 1.165) is 17.5 Å². The highest BCUT2D eigenvalue weighted by molar-refractivity contribution is 5.94. The van der Waals surface area contributed by atoms with Crippen LogP contribution >= 0.6 is 0 Å². The molecule has 0 heterocycles. The summed E-state index contributed by atoms with van der Waals surface area (Å²) in [6.07, 6.45) is 3.89. The van der Waals surface area contributed by atoms with Crippen LogP contribution in [0.25, 0.3) is 6.08 Å². The van der Waals surface area contributed by atoms with E-state index in [1.54, 1.807) is 19.1 Å². The number of hydrogen-bond donors (Lipinski definition) is 0. The zero-order chi connectivity index (χ0) is 12.8.